The van der Waals surface area contributed by atoms with Crippen molar-refractivity contribution in [3.63, 3.8) is 0 Å². The Kier molecular flexibility index (Phi) is 4.30. The SMILES string of the molecule is Cc1nnc(NC(=O)C(C)(C)Oc2ccn(-c3ccccc3)n2)s1. The van der Waals surface area contributed by atoms with Crippen LogP contribution in [0.4, 0.5) is 5.13 Å². The first-order valence-electron chi connectivity index (χ1n) is 7.36. The monoisotopic (exact) mass is 343 g/mol. The first-order chi connectivity index (χ1) is 11.4. The van der Waals surface area contributed by atoms with Gasteiger partial charge in [-0.1, -0.05) is 29.5 Å². The van der Waals surface area contributed by atoms with Gasteiger partial charge in [0.1, 0.15) is 5.01 Å². The molecule has 1 N–H and O–H groups in total. The third-order valence-corrected chi connectivity index (χ3v) is 3.99. The molecule has 3 aromatic rings. The fraction of sp³-hybridized carbons (Fsp3) is 0.250. The molecule has 0 atom stereocenters. The molecule has 124 valence electrons. The number of ether oxygens (including phenoxy) is 1. The van der Waals surface area contributed by atoms with E-state index in [-0.39, 0.29) is 5.91 Å². The quantitative estimate of drug-likeness (QED) is 0.770. The van der Waals surface area contributed by atoms with Crippen LogP contribution in [0.5, 0.6) is 5.88 Å². The lowest BCUT2D eigenvalue weighted by Crippen LogP contribution is -2.42. The highest BCUT2D eigenvalue weighted by Gasteiger charge is 2.31. The van der Waals surface area contributed by atoms with Crippen LogP contribution in [0.3, 0.4) is 0 Å². The van der Waals surface area contributed by atoms with Crippen molar-refractivity contribution >= 4 is 22.4 Å². The summed E-state index contributed by atoms with van der Waals surface area (Å²) < 4.78 is 7.45. The van der Waals surface area contributed by atoms with Crippen molar-refractivity contribution in [3.8, 4) is 11.6 Å². The maximum atomic E-state index is 12.4. The number of aryl methyl sites for hydroxylation is 1. The van der Waals surface area contributed by atoms with Crippen molar-refractivity contribution < 1.29 is 9.53 Å². The van der Waals surface area contributed by atoms with Gasteiger partial charge in [-0.2, -0.15) is 0 Å². The van der Waals surface area contributed by atoms with Crippen molar-refractivity contribution in [1.82, 2.24) is 20.0 Å². The van der Waals surface area contributed by atoms with Gasteiger partial charge in [-0.05, 0) is 32.9 Å². The Balaban J connectivity index is 1.70. The molecule has 3 rings (SSSR count). The van der Waals surface area contributed by atoms with E-state index in [1.54, 1.807) is 30.8 Å². The van der Waals surface area contributed by atoms with Gasteiger partial charge in [0.15, 0.2) is 5.60 Å². The average molecular weight is 343 g/mol. The molecule has 2 aromatic heterocycles. The van der Waals surface area contributed by atoms with E-state index in [4.69, 9.17) is 4.74 Å². The fourth-order valence-electron chi connectivity index (χ4n) is 1.99. The van der Waals surface area contributed by atoms with E-state index in [1.165, 1.54) is 11.3 Å². The summed E-state index contributed by atoms with van der Waals surface area (Å²) in [4.78, 5) is 12.4. The Morgan fingerprint density at radius 1 is 1.21 bits per heavy atom. The summed E-state index contributed by atoms with van der Waals surface area (Å²) in [6.07, 6.45) is 1.78. The second-order valence-electron chi connectivity index (χ2n) is 5.63. The minimum atomic E-state index is -1.10. The van der Waals surface area contributed by atoms with Gasteiger partial charge >= 0.3 is 0 Å². The topological polar surface area (TPSA) is 81.9 Å². The summed E-state index contributed by atoms with van der Waals surface area (Å²) in [6, 6.07) is 11.4. The number of rotatable bonds is 5. The normalized spacial score (nSPS) is 11.3. The maximum Gasteiger partial charge on any atom is 0.269 e. The third kappa shape index (κ3) is 3.60. The molecule has 0 radical (unpaired) electrons. The van der Waals surface area contributed by atoms with Crippen LogP contribution in [-0.2, 0) is 4.79 Å². The van der Waals surface area contributed by atoms with Gasteiger partial charge in [-0.3, -0.25) is 10.1 Å². The van der Waals surface area contributed by atoms with Crippen LogP contribution in [0.1, 0.15) is 18.9 Å². The number of benzene rings is 1. The number of nitrogens with one attached hydrogen (secondary N) is 1. The molecule has 2 heterocycles. The molecular weight excluding hydrogens is 326 g/mol. The lowest BCUT2D eigenvalue weighted by atomic mass is 10.1. The Bertz CT molecular complexity index is 841. The van der Waals surface area contributed by atoms with E-state index in [9.17, 15) is 4.79 Å². The average Bonchev–Trinajstić information content (AvgIpc) is 3.17. The van der Waals surface area contributed by atoms with Crippen molar-refractivity contribution in [2.45, 2.75) is 26.4 Å². The molecule has 0 unspecified atom stereocenters. The van der Waals surface area contributed by atoms with Crippen LogP contribution in [-0.4, -0.2) is 31.5 Å². The molecule has 8 heteroatoms. The third-order valence-electron chi connectivity index (χ3n) is 3.24. The highest BCUT2D eigenvalue weighted by atomic mass is 32.1. The number of carbonyl (C=O) groups is 1. The standard InChI is InChI=1S/C16H17N5O2S/c1-11-18-19-15(24-11)17-14(22)16(2,3)23-13-9-10-21(20-13)12-7-5-4-6-8-12/h4-10H,1-3H3,(H,17,19,22). The number of nitrogens with zero attached hydrogens (tertiary/aromatic N) is 4. The van der Waals surface area contributed by atoms with Gasteiger partial charge in [0.25, 0.3) is 5.91 Å². The molecular formula is C16H17N5O2S. The van der Waals surface area contributed by atoms with E-state index in [2.05, 4.69) is 20.6 Å². The Hall–Kier alpha value is -2.74. The summed E-state index contributed by atoms with van der Waals surface area (Å²) in [5.74, 6) is 0.0559. The van der Waals surface area contributed by atoms with Gasteiger partial charge in [-0.25, -0.2) is 4.68 Å². The molecule has 0 aliphatic rings. The number of amides is 1. The Morgan fingerprint density at radius 3 is 2.62 bits per heavy atom. The molecule has 1 aromatic carbocycles. The van der Waals surface area contributed by atoms with E-state index in [0.717, 1.165) is 10.7 Å². The zero-order valence-electron chi connectivity index (χ0n) is 13.6. The second-order valence-corrected chi connectivity index (χ2v) is 6.81. The number of aromatic nitrogens is 4. The summed E-state index contributed by atoms with van der Waals surface area (Å²) in [5.41, 5.74) is -0.186. The minimum absolute atomic E-state index is 0.312. The second kappa shape index (κ2) is 6.40. The lowest BCUT2D eigenvalue weighted by molar-refractivity contribution is -0.128. The number of para-hydroxylation sites is 1. The van der Waals surface area contributed by atoms with Crippen molar-refractivity contribution in [1.29, 1.82) is 0 Å². The fourth-order valence-corrected chi connectivity index (χ4v) is 2.58. The molecule has 0 aliphatic carbocycles. The van der Waals surface area contributed by atoms with Crippen LogP contribution in [0.2, 0.25) is 0 Å². The smallest absolute Gasteiger partial charge is 0.269 e. The summed E-state index contributed by atoms with van der Waals surface area (Å²) in [6.45, 7) is 5.18. The van der Waals surface area contributed by atoms with Gasteiger partial charge in [0.2, 0.25) is 11.0 Å². The van der Waals surface area contributed by atoms with Gasteiger partial charge in [-0.15, -0.1) is 15.3 Å². The van der Waals surface area contributed by atoms with Crippen LogP contribution in [0.15, 0.2) is 42.6 Å². The first-order valence-corrected chi connectivity index (χ1v) is 8.17. The zero-order chi connectivity index (χ0) is 17.2. The Labute approximate surface area is 143 Å². The molecule has 0 fully saturated rings. The molecule has 0 bridgehead atoms. The van der Waals surface area contributed by atoms with Crippen LogP contribution in [0, 0.1) is 6.92 Å². The van der Waals surface area contributed by atoms with Gasteiger partial charge in [0, 0.05) is 12.3 Å². The van der Waals surface area contributed by atoms with Crippen LogP contribution >= 0.6 is 11.3 Å². The predicted octanol–water partition coefficient (Wildman–Crippen LogP) is 2.83. The molecule has 1 amide bonds. The number of hydrogen-bond acceptors (Lipinski definition) is 6. The molecule has 0 saturated heterocycles. The minimum Gasteiger partial charge on any atom is -0.460 e. The molecule has 0 spiro atoms. The summed E-state index contributed by atoms with van der Waals surface area (Å²) in [7, 11) is 0. The van der Waals surface area contributed by atoms with Crippen LogP contribution in [0.25, 0.3) is 5.69 Å². The van der Waals surface area contributed by atoms with E-state index >= 15 is 0 Å². The number of hydrogen-bond donors (Lipinski definition) is 1. The number of anilines is 1. The summed E-state index contributed by atoms with van der Waals surface area (Å²) >= 11 is 1.31. The van der Waals surface area contributed by atoms with E-state index in [1.807, 2.05) is 37.3 Å². The van der Waals surface area contributed by atoms with E-state index < -0.39 is 5.60 Å². The molecule has 7 nitrogen and oxygen atoms in total. The predicted molar refractivity (Wildman–Crippen MR) is 91.5 cm³/mol. The van der Waals surface area contributed by atoms with Crippen molar-refractivity contribution in [2.75, 3.05) is 5.32 Å². The Morgan fingerprint density at radius 2 is 1.96 bits per heavy atom. The van der Waals surface area contributed by atoms with Crippen LogP contribution < -0.4 is 10.1 Å². The summed E-state index contributed by atoms with van der Waals surface area (Å²) in [5, 5.41) is 16.0. The highest BCUT2D eigenvalue weighted by Crippen LogP contribution is 2.21. The highest BCUT2D eigenvalue weighted by molar-refractivity contribution is 7.15. The van der Waals surface area contributed by atoms with Gasteiger partial charge in [0.05, 0.1) is 5.69 Å². The molecule has 24 heavy (non-hydrogen) atoms. The first kappa shape index (κ1) is 16.1. The number of carbonyl (C=O) groups excluding carboxylic acids is 1. The van der Waals surface area contributed by atoms with Crippen molar-refractivity contribution in [2.24, 2.45) is 0 Å². The zero-order valence-corrected chi connectivity index (χ0v) is 14.4. The van der Waals surface area contributed by atoms with Crippen molar-refractivity contribution in [3.05, 3.63) is 47.6 Å². The van der Waals surface area contributed by atoms with E-state index in [0.29, 0.717) is 11.0 Å². The van der Waals surface area contributed by atoms with Gasteiger partial charge < -0.3 is 4.74 Å². The lowest BCUT2D eigenvalue weighted by Gasteiger charge is -2.22. The molecule has 0 saturated carbocycles. The maximum absolute atomic E-state index is 12.4. The largest absolute Gasteiger partial charge is 0.460 e. The molecule has 0 aliphatic heterocycles.